The standard InChI is InChI=1S/C12H24N2O/c1-12(2,7-8-13)11(15)14-9-6-10-4-3-5-10/h10H,3-9,13H2,1-2H3,(H,14,15). The summed E-state index contributed by atoms with van der Waals surface area (Å²) in [6, 6.07) is 0. The van der Waals surface area contributed by atoms with Gasteiger partial charge in [-0.2, -0.15) is 0 Å². The summed E-state index contributed by atoms with van der Waals surface area (Å²) in [5, 5.41) is 3.01. The van der Waals surface area contributed by atoms with Gasteiger partial charge in [-0.05, 0) is 25.3 Å². The molecule has 0 bridgehead atoms. The van der Waals surface area contributed by atoms with Crippen LogP contribution >= 0.6 is 0 Å². The van der Waals surface area contributed by atoms with Gasteiger partial charge in [0.15, 0.2) is 0 Å². The van der Waals surface area contributed by atoms with E-state index < -0.39 is 0 Å². The molecule has 3 heteroatoms. The Balaban J connectivity index is 2.16. The molecule has 3 N–H and O–H groups in total. The monoisotopic (exact) mass is 212 g/mol. The number of amides is 1. The van der Waals surface area contributed by atoms with Crippen molar-refractivity contribution in [1.29, 1.82) is 0 Å². The molecule has 0 spiro atoms. The molecule has 0 aromatic heterocycles. The van der Waals surface area contributed by atoms with Gasteiger partial charge in [0, 0.05) is 12.0 Å². The van der Waals surface area contributed by atoms with Crippen LogP contribution in [0.1, 0.15) is 46.0 Å². The van der Waals surface area contributed by atoms with E-state index in [4.69, 9.17) is 5.73 Å². The molecule has 1 fully saturated rings. The molecule has 0 saturated heterocycles. The van der Waals surface area contributed by atoms with Crippen LogP contribution in [0.15, 0.2) is 0 Å². The summed E-state index contributed by atoms with van der Waals surface area (Å²) < 4.78 is 0. The minimum absolute atomic E-state index is 0.146. The van der Waals surface area contributed by atoms with Crippen LogP contribution in [-0.4, -0.2) is 19.0 Å². The second-order valence-electron chi connectivity index (χ2n) is 5.26. The lowest BCUT2D eigenvalue weighted by Crippen LogP contribution is -2.39. The molecule has 0 atom stereocenters. The number of nitrogens with two attached hydrogens (primary N) is 1. The molecule has 1 rings (SSSR count). The van der Waals surface area contributed by atoms with Gasteiger partial charge in [-0.15, -0.1) is 0 Å². The maximum atomic E-state index is 11.8. The molecule has 0 heterocycles. The first kappa shape index (κ1) is 12.5. The summed E-state index contributed by atoms with van der Waals surface area (Å²) in [6.07, 6.45) is 5.97. The first-order valence-electron chi connectivity index (χ1n) is 6.04. The molecule has 1 amide bonds. The Hall–Kier alpha value is -0.570. The summed E-state index contributed by atoms with van der Waals surface area (Å²) in [5.41, 5.74) is 5.17. The van der Waals surface area contributed by atoms with Crippen LogP contribution in [-0.2, 0) is 4.79 Å². The van der Waals surface area contributed by atoms with Crippen molar-refractivity contribution in [1.82, 2.24) is 5.32 Å². The van der Waals surface area contributed by atoms with Crippen LogP contribution in [0.3, 0.4) is 0 Å². The summed E-state index contributed by atoms with van der Waals surface area (Å²) in [7, 11) is 0. The van der Waals surface area contributed by atoms with E-state index >= 15 is 0 Å². The molecule has 1 aliphatic carbocycles. The Kier molecular flexibility index (Phi) is 4.58. The highest BCUT2D eigenvalue weighted by molar-refractivity contribution is 5.81. The van der Waals surface area contributed by atoms with Crippen molar-refractivity contribution < 1.29 is 4.79 Å². The van der Waals surface area contributed by atoms with Crippen molar-refractivity contribution in [2.45, 2.75) is 46.0 Å². The van der Waals surface area contributed by atoms with Crippen molar-refractivity contribution >= 4 is 5.91 Å². The van der Waals surface area contributed by atoms with E-state index in [0.717, 1.165) is 25.3 Å². The molecule has 0 radical (unpaired) electrons. The molecule has 15 heavy (non-hydrogen) atoms. The Morgan fingerprint density at radius 1 is 1.47 bits per heavy atom. The van der Waals surface area contributed by atoms with Crippen LogP contribution in [0.2, 0.25) is 0 Å². The fraction of sp³-hybridized carbons (Fsp3) is 0.917. The van der Waals surface area contributed by atoms with Crippen molar-refractivity contribution in [2.75, 3.05) is 13.1 Å². The minimum Gasteiger partial charge on any atom is -0.356 e. The van der Waals surface area contributed by atoms with Gasteiger partial charge < -0.3 is 11.1 Å². The van der Waals surface area contributed by atoms with Crippen molar-refractivity contribution in [3.63, 3.8) is 0 Å². The smallest absolute Gasteiger partial charge is 0.225 e. The maximum absolute atomic E-state index is 11.8. The third kappa shape index (κ3) is 3.82. The van der Waals surface area contributed by atoms with Crippen molar-refractivity contribution in [2.24, 2.45) is 17.1 Å². The number of nitrogens with one attached hydrogen (secondary N) is 1. The van der Waals surface area contributed by atoms with Crippen LogP contribution in [0.5, 0.6) is 0 Å². The Bertz CT molecular complexity index is 210. The molecular formula is C12H24N2O. The van der Waals surface area contributed by atoms with E-state index in [2.05, 4.69) is 5.32 Å². The van der Waals surface area contributed by atoms with Gasteiger partial charge >= 0.3 is 0 Å². The highest BCUT2D eigenvalue weighted by Crippen LogP contribution is 2.28. The van der Waals surface area contributed by atoms with Gasteiger partial charge in [-0.25, -0.2) is 0 Å². The number of carbonyl (C=O) groups is 1. The van der Waals surface area contributed by atoms with Gasteiger partial charge in [0.2, 0.25) is 5.91 Å². The molecule has 0 aromatic rings. The van der Waals surface area contributed by atoms with Crippen LogP contribution in [0.25, 0.3) is 0 Å². The zero-order valence-electron chi connectivity index (χ0n) is 10.0. The Morgan fingerprint density at radius 2 is 2.13 bits per heavy atom. The summed E-state index contributed by atoms with van der Waals surface area (Å²) in [6.45, 7) is 5.32. The zero-order valence-corrected chi connectivity index (χ0v) is 10.0. The van der Waals surface area contributed by atoms with E-state index in [0.29, 0.717) is 6.54 Å². The normalized spacial score (nSPS) is 17.3. The third-order valence-corrected chi connectivity index (χ3v) is 3.45. The predicted octanol–water partition coefficient (Wildman–Crippen LogP) is 1.67. The quantitative estimate of drug-likeness (QED) is 0.703. The molecule has 88 valence electrons. The molecule has 0 aliphatic heterocycles. The first-order chi connectivity index (χ1) is 7.06. The summed E-state index contributed by atoms with van der Waals surface area (Å²) >= 11 is 0. The third-order valence-electron chi connectivity index (χ3n) is 3.45. The van der Waals surface area contributed by atoms with Gasteiger partial charge in [-0.3, -0.25) is 4.79 Å². The highest BCUT2D eigenvalue weighted by Gasteiger charge is 2.26. The number of hydrogen-bond donors (Lipinski definition) is 2. The van der Waals surface area contributed by atoms with Gasteiger partial charge in [-0.1, -0.05) is 33.1 Å². The maximum Gasteiger partial charge on any atom is 0.225 e. The minimum atomic E-state index is -0.311. The van der Waals surface area contributed by atoms with E-state index in [1.807, 2.05) is 13.8 Å². The topological polar surface area (TPSA) is 55.1 Å². The summed E-state index contributed by atoms with van der Waals surface area (Å²) in [5.74, 6) is 1.01. The average Bonchev–Trinajstić information content (AvgIpc) is 2.08. The molecule has 1 aliphatic rings. The van der Waals surface area contributed by atoms with E-state index in [9.17, 15) is 4.79 Å². The molecule has 0 unspecified atom stereocenters. The zero-order chi connectivity index (χ0) is 11.3. The fourth-order valence-corrected chi connectivity index (χ4v) is 1.88. The van der Waals surface area contributed by atoms with Gasteiger partial charge in [0.1, 0.15) is 0 Å². The average molecular weight is 212 g/mol. The fourth-order valence-electron chi connectivity index (χ4n) is 1.88. The SMILES string of the molecule is CC(C)(CCN)C(=O)NCCC1CCC1. The predicted molar refractivity (Wildman–Crippen MR) is 62.4 cm³/mol. The van der Waals surface area contributed by atoms with Gasteiger partial charge in [0.05, 0.1) is 0 Å². The molecular weight excluding hydrogens is 188 g/mol. The van der Waals surface area contributed by atoms with E-state index in [-0.39, 0.29) is 11.3 Å². The first-order valence-corrected chi connectivity index (χ1v) is 6.04. The van der Waals surface area contributed by atoms with E-state index in [1.165, 1.54) is 19.3 Å². The van der Waals surface area contributed by atoms with E-state index in [1.54, 1.807) is 0 Å². The largest absolute Gasteiger partial charge is 0.356 e. The lowest BCUT2D eigenvalue weighted by Gasteiger charge is -2.27. The highest BCUT2D eigenvalue weighted by atomic mass is 16.2. The lowest BCUT2D eigenvalue weighted by atomic mass is 9.83. The van der Waals surface area contributed by atoms with Crippen LogP contribution in [0.4, 0.5) is 0 Å². The number of rotatable bonds is 6. The Morgan fingerprint density at radius 3 is 2.60 bits per heavy atom. The molecule has 1 saturated carbocycles. The number of carbonyl (C=O) groups excluding carboxylic acids is 1. The second kappa shape index (κ2) is 5.50. The van der Waals surface area contributed by atoms with Crippen molar-refractivity contribution in [3.8, 4) is 0 Å². The van der Waals surface area contributed by atoms with Crippen molar-refractivity contribution in [3.05, 3.63) is 0 Å². The Labute approximate surface area is 92.8 Å². The lowest BCUT2D eigenvalue weighted by molar-refractivity contribution is -0.129. The van der Waals surface area contributed by atoms with Gasteiger partial charge in [0.25, 0.3) is 0 Å². The molecule has 0 aromatic carbocycles. The summed E-state index contributed by atoms with van der Waals surface area (Å²) in [4.78, 5) is 11.8. The number of hydrogen-bond acceptors (Lipinski definition) is 2. The van der Waals surface area contributed by atoms with Crippen LogP contribution < -0.4 is 11.1 Å². The molecule has 3 nitrogen and oxygen atoms in total. The second-order valence-corrected chi connectivity index (χ2v) is 5.26. The van der Waals surface area contributed by atoms with Crippen LogP contribution in [0, 0.1) is 11.3 Å².